The average Bonchev–Trinajstić information content (AvgIpc) is 2.36. The van der Waals surface area contributed by atoms with E-state index < -0.39 is 0 Å². The summed E-state index contributed by atoms with van der Waals surface area (Å²) < 4.78 is 2.44. The van der Waals surface area contributed by atoms with E-state index >= 15 is 0 Å². The van der Waals surface area contributed by atoms with Gasteiger partial charge in [-0.15, -0.1) is 12.6 Å². The van der Waals surface area contributed by atoms with Gasteiger partial charge in [-0.1, -0.05) is 30.3 Å². The lowest BCUT2D eigenvalue weighted by atomic mass is 10.1. The molecule has 88 valence electrons. The molecule has 1 heterocycles. The standard InChI is InChI=1S/C12H12N2O2S/c1-13-10(15)9(8-6-4-3-5-7-8)11(17)14(2)12(13)16/h3-7,17H,1-2H3. The van der Waals surface area contributed by atoms with Gasteiger partial charge in [-0.25, -0.2) is 4.79 Å². The molecular weight excluding hydrogens is 236 g/mol. The summed E-state index contributed by atoms with van der Waals surface area (Å²) in [5, 5.41) is 0.379. The Morgan fingerprint density at radius 3 is 2.18 bits per heavy atom. The largest absolute Gasteiger partial charge is 0.331 e. The van der Waals surface area contributed by atoms with E-state index in [4.69, 9.17) is 0 Å². The Kier molecular flexibility index (Phi) is 2.93. The molecular formula is C12H12N2O2S. The highest BCUT2D eigenvalue weighted by atomic mass is 32.1. The van der Waals surface area contributed by atoms with Crippen molar-refractivity contribution in [2.24, 2.45) is 14.1 Å². The minimum atomic E-state index is -0.375. The van der Waals surface area contributed by atoms with Gasteiger partial charge in [-0.2, -0.15) is 0 Å². The van der Waals surface area contributed by atoms with E-state index in [1.807, 2.05) is 30.3 Å². The fraction of sp³-hybridized carbons (Fsp3) is 0.167. The van der Waals surface area contributed by atoms with E-state index in [9.17, 15) is 9.59 Å². The summed E-state index contributed by atoms with van der Waals surface area (Å²) in [5.74, 6) is 0. The highest BCUT2D eigenvalue weighted by molar-refractivity contribution is 7.80. The van der Waals surface area contributed by atoms with Crippen LogP contribution in [0.25, 0.3) is 11.1 Å². The third-order valence-electron chi connectivity index (χ3n) is 2.70. The van der Waals surface area contributed by atoms with E-state index in [-0.39, 0.29) is 11.2 Å². The normalized spacial score (nSPS) is 10.5. The van der Waals surface area contributed by atoms with Gasteiger partial charge >= 0.3 is 5.69 Å². The Bertz CT molecular complexity index is 671. The van der Waals surface area contributed by atoms with Crippen molar-refractivity contribution in [2.75, 3.05) is 0 Å². The van der Waals surface area contributed by atoms with Crippen molar-refractivity contribution in [3.63, 3.8) is 0 Å². The molecule has 0 spiro atoms. The van der Waals surface area contributed by atoms with Gasteiger partial charge in [0.2, 0.25) is 0 Å². The van der Waals surface area contributed by atoms with Gasteiger partial charge in [0.05, 0.1) is 10.6 Å². The summed E-state index contributed by atoms with van der Waals surface area (Å²) in [4.78, 5) is 23.7. The molecule has 5 heteroatoms. The lowest BCUT2D eigenvalue weighted by Crippen LogP contribution is -2.38. The number of thiol groups is 1. The molecule has 17 heavy (non-hydrogen) atoms. The Balaban J connectivity index is 2.90. The molecule has 0 fully saturated rings. The first kappa shape index (κ1) is 11.7. The monoisotopic (exact) mass is 248 g/mol. The maximum atomic E-state index is 12.1. The zero-order chi connectivity index (χ0) is 12.6. The first-order valence-corrected chi connectivity index (χ1v) is 5.53. The SMILES string of the molecule is Cn1c(S)c(-c2ccccc2)c(=O)n(C)c1=O. The summed E-state index contributed by atoms with van der Waals surface area (Å²) >= 11 is 4.26. The fourth-order valence-corrected chi connectivity index (χ4v) is 2.00. The smallest absolute Gasteiger partial charge is 0.291 e. The second kappa shape index (κ2) is 4.25. The number of hydrogen-bond donors (Lipinski definition) is 1. The fourth-order valence-electron chi connectivity index (χ4n) is 1.69. The van der Waals surface area contributed by atoms with Crippen LogP contribution in [0.3, 0.4) is 0 Å². The molecule has 0 unspecified atom stereocenters. The Labute approximate surface area is 104 Å². The highest BCUT2D eigenvalue weighted by Gasteiger charge is 2.14. The number of benzene rings is 1. The second-order valence-electron chi connectivity index (χ2n) is 3.77. The van der Waals surface area contributed by atoms with Crippen LogP contribution < -0.4 is 11.2 Å². The minimum absolute atomic E-state index is 0.329. The van der Waals surface area contributed by atoms with Crippen LogP contribution in [-0.4, -0.2) is 9.13 Å². The molecule has 0 saturated heterocycles. The zero-order valence-corrected chi connectivity index (χ0v) is 10.4. The summed E-state index contributed by atoms with van der Waals surface area (Å²) in [7, 11) is 3.06. The maximum Gasteiger partial charge on any atom is 0.331 e. The molecule has 1 aromatic heterocycles. The molecule has 0 radical (unpaired) electrons. The third-order valence-corrected chi connectivity index (χ3v) is 3.22. The second-order valence-corrected chi connectivity index (χ2v) is 4.19. The summed E-state index contributed by atoms with van der Waals surface area (Å²) in [6.07, 6.45) is 0. The number of rotatable bonds is 1. The van der Waals surface area contributed by atoms with Crippen LogP contribution in [0, 0.1) is 0 Å². The summed E-state index contributed by atoms with van der Waals surface area (Å²) in [6, 6.07) is 9.19. The van der Waals surface area contributed by atoms with Crippen molar-refractivity contribution in [3.05, 3.63) is 51.2 Å². The topological polar surface area (TPSA) is 44.0 Å². The first-order chi connectivity index (χ1) is 8.04. The van der Waals surface area contributed by atoms with Crippen molar-refractivity contribution in [1.82, 2.24) is 9.13 Å². The van der Waals surface area contributed by atoms with E-state index in [0.29, 0.717) is 10.6 Å². The number of nitrogens with zero attached hydrogens (tertiary/aromatic N) is 2. The predicted molar refractivity (Wildman–Crippen MR) is 69.6 cm³/mol. The van der Waals surface area contributed by atoms with Crippen molar-refractivity contribution in [1.29, 1.82) is 0 Å². The molecule has 0 aliphatic rings. The van der Waals surface area contributed by atoms with Crippen LogP contribution in [-0.2, 0) is 14.1 Å². The van der Waals surface area contributed by atoms with Gasteiger partial charge < -0.3 is 0 Å². The van der Waals surface area contributed by atoms with E-state index in [1.54, 1.807) is 7.05 Å². The Hall–Kier alpha value is -1.75. The lowest BCUT2D eigenvalue weighted by Gasteiger charge is -2.10. The van der Waals surface area contributed by atoms with E-state index in [1.165, 1.54) is 11.6 Å². The van der Waals surface area contributed by atoms with Crippen molar-refractivity contribution < 1.29 is 0 Å². The molecule has 4 nitrogen and oxygen atoms in total. The van der Waals surface area contributed by atoms with Crippen LogP contribution in [0.4, 0.5) is 0 Å². The van der Waals surface area contributed by atoms with Gasteiger partial charge in [0.25, 0.3) is 5.56 Å². The van der Waals surface area contributed by atoms with Crippen molar-refractivity contribution in [3.8, 4) is 11.1 Å². The van der Waals surface area contributed by atoms with Crippen LogP contribution in [0.15, 0.2) is 44.9 Å². The van der Waals surface area contributed by atoms with Gasteiger partial charge in [-0.3, -0.25) is 13.9 Å². The molecule has 0 atom stereocenters. The lowest BCUT2D eigenvalue weighted by molar-refractivity contribution is 0.641. The van der Waals surface area contributed by atoms with E-state index in [2.05, 4.69) is 12.6 Å². The Morgan fingerprint density at radius 2 is 1.59 bits per heavy atom. The maximum absolute atomic E-state index is 12.1. The average molecular weight is 248 g/mol. The molecule has 0 saturated carbocycles. The molecule has 0 N–H and O–H groups in total. The first-order valence-electron chi connectivity index (χ1n) is 5.08. The van der Waals surface area contributed by atoms with Crippen molar-refractivity contribution in [2.45, 2.75) is 5.03 Å². The van der Waals surface area contributed by atoms with Crippen LogP contribution in [0.1, 0.15) is 0 Å². The minimum Gasteiger partial charge on any atom is -0.291 e. The van der Waals surface area contributed by atoms with Crippen molar-refractivity contribution >= 4 is 12.6 Å². The molecule has 0 amide bonds. The van der Waals surface area contributed by atoms with Gasteiger partial charge in [-0.05, 0) is 5.56 Å². The number of aromatic nitrogens is 2. The van der Waals surface area contributed by atoms with Crippen LogP contribution >= 0.6 is 12.6 Å². The van der Waals surface area contributed by atoms with Gasteiger partial charge in [0, 0.05) is 14.1 Å². The quantitative estimate of drug-likeness (QED) is 0.605. The zero-order valence-electron chi connectivity index (χ0n) is 9.54. The van der Waals surface area contributed by atoms with Gasteiger partial charge in [0.15, 0.2) is 0 Å². The predicted octanol–water partition coefficient (Wildman–Crippen LogP) is 1.04. The number of hydrogen-bond acceptors (Lipinski definition) is 3. The highest BCUT2D eigenvalue weighted by Crippen LogP contribution is 2.20. The molecule has 2 aromatic rings. The molecule has 2 rings (SSSR count). The Morgan fingerprint density at radius 1 is 1.00 bits per heavy atom. The van der Waals surface area contributed by atoms with Gasteiger partial charge in [0.1, 0.15) is 0 Å². The third kappa shape index (κ3) is 1.82. The van der Waals surface area contributed by atoms with Crippen LogP contribution in [0.5, 0.6) is 0 Å². The molecule has 0 bridgehead atoms. The van der Waals surface area contributed by atoms with Crippen LogP contribution in [0.2, 0.25) is 0 Å². The summed E-state index contributed by atoms with van der Waals surface area (Å²) in [5.41, 5.74) is 0.496. The molecule has 1 aromatic carbocycles. The molecule has 0 aliphatic heterocycles. The molecule has 0 aliphatic carbocycles. The summed E-state index contributed by atoms with van der Waals surface area (Å²) in [6.45, 7) is 0. The van der Waals surface area contributed by atoms with E-state index in [0.717, 1.165) is 10.1 Å².